The Hall–Kier alpha value is -1.00. The summed E-state index contributed by atoms with van der Waals surface area (Å²) in [6.45, 7) is 11.4. The zero-order valence-electron chi connectivity index (χ0n) is 16.6. The summed E-state index contributed by atoms with van der Waals surface area (Å²) in [5.74, 6) is 0. The zero-order chi connectivity index (χ0) is 19.3. The van der Waals surface area contributed by atoms with Gasteiger partial charge in [-0.2, -0.15) is 5.26 Å². The smallest absolute Gasteiger partial charge is 0.192 e. The van der Waals surface area contributed by atoms with Crippen molar-refractivity contribution in [1.82, 2.24) is 14.9 Å². The van der Waals surface area contributed by atoms with Crippen molar-refractivity contribution in [2.45, 2.75) is 81.8 Å². The Labute approximate surface area is 162 Å². The number of fused-ring (bicyclic) bond motifs is 2. The molecule has 0 amide bonds. The first-order valence-corrected chi connectivity index (χ1v) is 12.6. The van der Waals surface area contributed by atoms with Crippen molar-refractivity contribution in [3.63, 3.8) is 0 Å². The number of rotatable bonds is 3. The number of nitrogens with zero attached hydrogens (tertiary/aromatic N) is 4. The lowest BCUT2D eigenvalue weighted by Crippen LogP contribution is -2.51. The molecule has 4 atom stereocenters. The van der Waals surface area contributed by atoms with Gasteiger partial charge >= 0.3 is 0 Å². The fraction of sp³-hybridized carbons (Fsp3) is 0.737. The summed E-state index contributed by atoms with van der Waals surface area (Å²) < 4.78 is 6.77. The van der Waals surface area contributed by atoms with Crippen LogP contribution in [-0.4, -0.2) is 48.4 Å². The average molecular weight is 393 g/mol. The minimum absolute atomic E-state index is 0.174. The Morgan fingerprint density at radius 2 is 2.04 bits per heavy atom. The van der Waals surface area contributed by atoms with Crippen LogP contribution >= 0.6 is 11.6 Å². The van der Waals surface area contributed by atoms with E-state index in [0.717, 1.165) is 12.8 Å². The summed E-state index contributed by atoms with van der Waals surface area (Å²) in [5, 5.41) is 10.6. The number of halogens is 1. The summed E-state index contributed by atoms with van der Waals surface area (Å²) >= 11 is 6.05. The number of hydrogen-bond acceptors (Lipinski definition) is 5. The summed E-state index contributed by atoms with van der Waals surface area (Å²) in [4.78, 5) is 11.0. The van der Waals surface area contributed by atoms with Crippen LogP contribution < -0.4 is 0 Å². The summed E-state index contributed by atoms with van der Waals surface area (Å²) in [7, 11) is 0.299. The van der Waals surface area contributed by atoms with Gasteiger partial charge in [0.2, 0.25) is 0 Å². The van der Waals surface area contributed by atoms with Gasteiger partial charge in [-0.25, -0.2) is 4.98 Å². The van der Waals surface area contributed by atoms with E-state index in [1.54, 1.807) is 6.20 Å². The highest BCUT2D eigenvalue weighted by molar-refractivity contribution is 6.74. The predicted octanol–water partition coefficient (Wildman–Crippen LogP) is 4.15. The van der Waals surface area contributed by atoms with Crippen molar-refractivity contribution in [2.75, 3.05) is 7.05 Å². The molecular formula is C19H29ClN4OSi. The van der Waals surface area contributed by atoms with Crippen LogP contribution in [0.2, 0.25) is 23.3 Å². The van der Waals surface area contributed by atoms with Crippen LogP contribution in [0.3, 0.4) is 0 Å². The third-order valence-electron chi connectivity index (χ3n) is 6.74. The molecule has 0 spiro atoms. The van der Waals surface area contributed by atoms with Crippen LogP contribution in [0.1, 0.15) is 45.7 Å². The number of hydrogen-bond donors (Lipinski definition) is 0. The second-order valence-electron chi connectivity index (χ2n) is 9.37. The van der Waals surface area contributed by atoms with Crippen molar-refractivity contribution in [3.8, 4) is 6.07 Å². The van der Waals surface area contributed by atoms with Crippen LogP contribution in [0.25, 0.3) is 0 Å². The first kappa shape index (κ1) is 19.8. The van der Waals surface area contributed by atoms with E-state index in [1.807, 2.05) is 0 Å². The van der Waals surface area contributed by atoms with E-state index in [4.69, 9.17) is 16.0 Å². The van der Waals surface area contributed by atoms with Gasteiger partial charge in [0.15, 0.2) is 8.32 Å². The molecule has 1 aromatic heterocycles. The highest BCUT2D eigenvalue weighted by Gasteiger charge is 2.55. The molecule has 3 heterocycles. The molecule has 26 heavy (non-hydrogen) atoms. The summed E-state index contributed by atoms with van der Waals surface area (Å²) in [6, 6.07) is 3.11. The maximum Gasteiger partial charge on any atom is 0.192 e. The molecule has 0 radical (unpaired) electrons. The maximum absolute atomic E-state index is 10.1. The maximum atomic E-state index is 10.1. The van der Waals surface area contributed by atoms with Gasteiger partial charge in [-0.1, -0.05) is 32.4 Å². The molecule has 4 unspecified atom stereocenters. The van der Waals surface area contributed by atoms with Gasteiger partial charge in [-0.15, -0.1) is 0 Å². The Bertz CT molecular complexity index is 729. The van der Waals surface area contributed by atoms with Crippen LogP contribution in [0.4, 0.5) is 0 Å². The van der Waals surface area contributed by atoms with Crippen molar-refractivity contribution in [3.05, 3.63) is 23.2 Å². The molecule has 2 aliphatic heterocycles. The SMILES string of the molecule is CN1C2CC(O[Si](C)(C)C(C)(C)C)C1CC(C#N)(c1cncc(Cl)n1)C2. The summed E-state index contributed by atoms with van der Waals surface area (Å²) in [6.07, 6.45) is 5.83. The van der Waals surface area contributed by atoms with Gasteiger partial charge in [-0.05, 0) is 44.4 Å². The highest BCUT2D eigenvalue weighted by atomic mass is 35.5. The topological polar surface area (TPSA) is 62.0 Å². The molecule has 2 saturated heterocycles. The molecular weight excluding hydrogens is 364 g/mol. The molecule has 2 fully saturated rings. The van der Waals surface area contributed by atoms with E-state index in [0.29, 0.717) is 23.3 Å². The number of likely N-dealkylation sites (N-methyl/N-ethyl adjacent to an activating group) is 1. The lowest BCUT2D eigenvalue weighted by Gasteiger charge is -2.43. The van der Waals surface area contributed by atoms with Crippen molar-refractivity contribution < 1.29 is 4.43 Å². The van der Waals surface area contributed by atoms with E-state index in [-0.39, 0.29) is 17.2 Å². The van der Waals surface area contributed by atoms with Gasteiger partial charge in [0.05, 0.1) is 30.3 Å². The summed E-state index contributed by atoms with van der Waals surface area (Å²) in [5.41, 5.74) is 0.0641. The molecule has 2 aliphatic rings. The van der Waals surface area contributed by atoms with Gasteiger partial charge < -0.3 is 4.43 Å². The standard InChI is InChI=1S/C19H29ClN4OSi/c1-18(2,3)26(5,6)25-15-7-13-8-19(12-21,9-14(15)24(13)4)16-10-22-11-17(20)23-16/h10-11,13-15H,7-9H2,1-6H3. The van der Waals surface area contributed by atoms with Crippen molar-refractivity contribution in [1.29, 1.82) is 5.26 Å². The molecule has 1 aromatic rings. The fourth-order valence-corrected chi connectivity index (χ4v) is 5.59. The van der Waals surface area contributed by atoms with E-state index >= 15 is 0 Å². The monoisotopic (exact) mass is 392 g/mol. The largest absolute Gasteiger partial charge is 0.412 e. The van der Waals surface area contributed by atoms with Crippen molar-refractivity contribution >= 4 is 19.9 Å². The van der Waals surface area contributed by atoms with Crippen LogP contribution in [0, 0.1) is 11.3 Å². The molecule has 2 bridgehead atoms. The van der Waals surface area contributed by atoms with Gasteiger partial charge in [0, 0.05) is 12.1 Å². The minimum Gasteiger partial charge on any atom is -0.412 e. The van der Waals surface area contributed by atoms with Crippen LogP contribution in [0.5, 0.6) is 0 Å². The normalized spacial score (nSPS) is 32.5. The minimum atomic E-state index is -1.86. The second-order valence-corrected chi connectivity index (χ2v) is 14.5. The van der Waals surface area contributed by atoms with E-state index < -0.39 is 13.7 Å². The Balaban J connectivity index is 1.89. The quantitative estimate of drug-likeness (QED) is 0.723. The number of nitriles is 1. The number of aromatic nitrogens is 2. The van der Waals surface area contributed by atoms with Gasteiger partial charge in [0.1, 0.15) is 10.6 Å². The molecule has 0 aliphatic carbocycles. The van der Waals surface area contributed by atoms with Gasteiger partial charge in [0.25, 0.3) is 0 Å². The lowest BCUT2D eigenvalue weighted by molar-refractivity contribution is 0.0847. The van der Waals surface area contributed by atoms with E-state index in [9.17, 15) is 5.26 Å². The molecule has 5 nitrogen and oxygen atoms in total. The Morgan fingerprint density at radius 3 is 2.62 bits per heavy atom. The molecule has 0 saturated carbocycles. The first-order chi connectivity index (χ1) is 12.0. The lowest BCUT2D eigenvalue weighted by atomic mass is 9.74. The van der Waals surface area contributed by atoms with Crippen molar-refractivity contribution in [2.24, 2.45) is 0 Å². The van der Waals surface area contributed by atoms with E-state index in [1.165, 1.54) is 6.20 Å². The molecule has 0 N–H and O–H groups in total. The molecule has 3 rings (SSSR count). The van der Waals surface area contributed by atoms with Crippen LogP contribution in [0.15, 0.2) is 12.4 Å². The van der Waals surface area contributed by atoms with Gasteiger partial charge in [-0.3, -0.25) is 9.88 Å². The van der Waals surface area contributed by atoms with E-state index in [2.05, 4.69) is 61.8 Å². The molecule has 142 valence electrons. The predicted molar refractivity (Wildman–Crippen MR) is 106 cm³/mol. The van der Waals surface area contributed by atoms with Crippen LogP contribution in [-0.2, 0) is 9.84 Å². The fourth-order valence-electron chi connectivity index (χ4n) is 4.08. The second kappa shape index (κ2) is 6.56. The third-order valence-corrected chi connectivity index (χ3v) is 11.4. The Kier molecular flexibility index (Phi) is 4.98. The third kappa shape index (κ3) is 3.31. The highest BCUT2D eigenvalue weighted by Crippen LogP contribution is 2.48. The number of piperidine rings is 1. The molecule has 0 aromatic carbocycles. The molecule has 7 heteroatoms. The average Bonchev–Trinajstić information content (AvgIpc) is 2.72. The first-order valence-electron chi connectivity index (χ1n) is 9.28. The Morgan fingerprint density at radius 1 is 1.35 bits per heavy atom. The zero-order valence-corrected chi connectivity index (χ0v) is 18.3.